The van der Waals surface area contributed by atoms with E-state index in [0.717, 1.165) is 6.54 Å². The van der Waals surface area contributed by atoms with Crippen LogP contribution in [0, 0.1) is 0 Å². The van der Waals surface area contributed by atoms with Gasteiger partial charge in [-0.15, -0.1) is 0 Å². The summed E-state index contributed by atoms with van der Waals surface area (Å²) in [5.74, 6) is 0. The van der Waals surface area contributed by atoms with Crippen molar-refractivity contribution in [3.05, 3.63) is 0 Å². The normalized spacial score (nSPS) is 8.40. The van der Waals surface area contributed by atoms with Crippen LogP contribution in [0.25, 0.3) is 0 Å². The molecule has 1 radical (unpaired) electrons. The van der Waals surface area contributed by atoms with Gasteiger partial charge in [0.2, 0.25) is 0 Å². The highest BCUT2D eigenvalue weighted by atomic mass is 14.8. The van der Waals surface area contributed by atoms with Crippen LogP contribution in [0.1, 0.15) is 13.3 Å². The summed E-state index contributed by atoms with van der Waals surface area (Å²) >= 11 is 0. The van der Waals surface area contributed by atoms with Crippen molar-refractivity contribution in [1.29, 1.82) is 0 Å². The molecule has 0 aliphatic rings. The van der Waals surface area contributed by atoms with E-state index in [4.69, 9.17) is 0 Å². The molecule has 0 aromatic rings. The van der Waals surface area contributed by atoms with Gasteiger partial charge in [0.1, 0.15) is 0 Å². The number of rotatable bonds is 2. The fourth-order valence-electron chi connectivity index (χ4n) is 0.224. The van der Waals surface area contributed by atoms with Crippen molar-refractivity contribution in [2.24, 2.45) is 0 Å². The molecular weight excluding hydrogens is 62.1 g/mol. The third kappa shape index (κ3) is 3.96. The Morgan fingerprint density at radius 3 is 2.20 bits per heavy atom. The molecular formula is C4H10N. The first-order valence-electron chi connectivity index (χ1n) is 1.97. The van der Waals surface area contributed by atoms with Crippen molar-refractivity contribution in [2.45, 2.75) is 13.3 Å². The summed E-state index contributed by atoms with van der Waals surface area (Å²) < 4.78 is 0. The van der Waals surface area contributed by atoms with Crippen molar-refractivity contribution in [3.8, 4) is 0 Å². The molecule has 5 heavy (non-hydrogen) atoms. The van der Waals surface area contributed by atoms with Crippen LogP contribution < -0.4 is 5.32 Å². The van der Waals surface area contributed by atoms with Gasteiger partial charge in [-0.05, 0) is 6.42 Å². The first kappa shape index (κ1) is 4.96. The Balaban J connectivity index is 2.19. The van der Waals surface area contributed by atoms with Crippen LogP contribution in [-0.4, -0.2) is 13.6 Å². The average molecular weight is 72.1 g/mol. The van der Waals surface area contributed by atoms with E-state index < -0.39 is 0 Å². The van der Waals surface area contributed by atoms with Crippen molar-refractivity contribution in [3.63, 3.8) is 0 Å². The quantitative estimate of drug-likeness (QED) is 0.454. The lowest BCUT2D eigenvalue weighted by atomic mass is 10.5. The van der Waals surface area contributed by atoms with Gasteiger partial charge in [-0.3, -0.25) is 0 Å². The van der Waals surface area contributed by atoms with Gasteiger partial charge in [0.15, 0.2) is 0 Å². The fourth-order valence-corrected chi connectivity index (χ4v) is 0.224. The van der Waals surface area contributed by atoms with Crippen molar-refractivity contribution < 1.29 is 0 Å². The minimum absolute atomic E-state index is 1.01. The average Bonchev–Trinajstić information content (AvgIpc) is 1.41. The molecule has 0 amide bonds. The van der Waals surface area contributed by atoms with E-state index in [1.54, 1.807) is 0 Å². The zero-order valence-electron chi connectivity index (χ0n) is 3.86. The molecule has 0 N–H and O–H groups in total. The van der Waals surface area contributed by atoms with E-state index in [0.29, 0.717) is 0 Å². The molecule has 0 saturated heterocycles. The lowest BCUT2D eigenvalue weighted by Gasteiger charge is -1.81. The van der Waals surface area contributed by atoms with Gasteiger partial charge >= 0.3 is 0 Å². The number of hydrogen-bond acceptors (Lipinski definition) is 0. The van der Waals surface area contributed by atoms with Gasteiger partial charge in [-0.1, -0.05) is 6.92 Å². The molecule has 0 unspecified atom stereocenters. The predicted octanol–water partition coefficient (Wildman–Crippen LogP) is 0.631. The van der Waals surface area contributed by atoms with E-state index in [1.165, 1.54) is 6.42 Å². The van der Waals surface area contributed by atoms with Crippen LogP contribution in [0.5, 0.6) is 0 Å². The van der Waals surface area contributed by atoms with Crippen molar-refractivity contribution in [1.82, 2.24) is 5.32 Å². The highest BCUT2D eigenvalue weighted by Crippen LogP contribution is 1.64. The van der Waals surface area contributed by atoms with Gasteiger partial charge < -0.3 is 0 Å². The molecule has 0 aromatic heterocycles. The van der Waals surface area contributed by atoms with E-state index in [-0.39, 0.29) is 0 Å². The summed E-state index contributed by atoms with van der Waals surface area (Å²) in [6.45, 7) is 3.13. The maximum absolute atomic E-state index is 3.85. The van der Waals surface area contributed by atoms with Gasteiger partial charge in [0, 0.05) is 13.6 Å². The summed E-state index contributed by atoms with van der Waals surface area (Å²) in [5.41, 5.74) is 0. The molecule has 0 heterocycles. The van der Waals surface area contributed by atoms with Gasteiger partial charge in [0.05, 0.1) is 0 Å². The SMILES string of the molecule is CCC[N]C. The number of hydrogen-bond donors (Lipinski definition) is 0. The molecule has 0 rings (SSSR count). The Hall–Kier alpha value is -0.0400. The van der Waals surface area contributed by atoms with Gasteiger partial charge in [-0.25, -0.2) is 5.32 Å². The maximum Gasteiger partial charge on any atom is 0.0127 e. The van der Waals surface area contributed by atoms with E-state index in [2.05, 4.69) is 12.2 Å². The Morgan fingerprint density at radius 1 is 1.60 bits per heavy atom. The summed E-state index contributed by atoms with van der Waals surface area (Å²) in [7, 11) is 1.84. The molecule has 0 aliphatic heterocycles. The van der Waals surface area contributed by atoms with E-state index >= 15 is 0 Å². The van der Waals surface area contributed by atoms with Crippen LogP contribution >= 0.6 is 0 Å². The molecule has 0 fully saturated rings. The summed E-state index contributed by atoms with van der Waals surface area (Å²) in [5, 5.41) is 3.85. The monoisotopic (exact) mass is 72.1 g/mol. The minimum Gasteiger partial charge on any atom is -0.245 e. The Labute approximate surface area is 33.4 Å². The third-order valence-electron chi connectivity index (χ3n) is 0.447. The lowest BCUT2D eigenvalue weighted by molar-refractivity contribution is 0.758. The second-order valence-electron chi connectivity index (χ2n) is 1.04. The molecule has 0 spiro atoms. The summed E-state index contributed by atoms with van der Waals surface area (Å²) in [4.78, 5) is 0. The molecule has 31 valence electrons. The van der Waals surface area contributed by atoms with E-state index in [1.807, 2.05) is 7.05 Å². The van der Waals surface area contributed by atoms with Crippen LogP contribution in [0.4, 0.5) is 0 Å². The highest BCUT2D eigenvalue weighted by Gasteiger charge is 1.67. The van der Waals surface area contributed by atoms with Gasteiger partial charge in [-0.2, -0.15) is 0 Å². The lowest BCUT2D eigenvalue weighted by Crippen LogP contribution is -1.95. The van der Waals surface area contributed by atoms with Crippen LogP contribution in [0.3, 0.4) is 0 Å². The van der Waals surface area contributed by atoms with Crippen LogP contribution in [0.15, 0.2) is 0 Å². The van der Waals surface area contributed by atoms with Crippen LogP contribution in [0.2, 0.25) is 0 Å². The van der Waals surface area contributed by atoms with Crippen LogP contribution in [-0.2, 0) is 0 Å². The highest BCUT2D eigenvalue weighted by molar-refractivity contribution is 4.27. The second-order valence-corrected chi connectivity index (χ2v) is 1.04. The molecule has 1 nitrogen and oxygen atoms in total. The smallest absolute Gasteiger partial charge is 0.0127 e. The molecule has 0 atom stereocenters. The molecule has 1 heteroatoms. The Bertz CT molecular complexity index is 11.1. The maximum atomic E-state index is 3.85. The first-order valence-corrected chi connectivity index (χ1v) is 1.97. The zero-order chi connectivity index (χ0) is 4.12. The first-order chi connectivity index (χ1) is 2.41. The zero-order valence-corrected chi connectivity index (χ0v) is 3.86. The van der Waals surface area contributed by atoms with Crippen molar-refractivity contribution >= 4 is 0 Å². The summed E-state index contributed by atoms with van der Waals surface area (Å²) in [6.07, 6.45) is 1.18. The molecule has 0 aliphatic carbocycles. The summed E-state index contributed by atoms with van der Waals surface area (Å²) in [6, 6.07) is 0. The Morgan fingerprint density at radius 2 is 2.20 bits per heavy atom. The van der Waals surface area contributed by atoms with E-state index in [9.17, 15) is 0 Å². The Kier molecular flexibility index (Phi) is 3.93. The van der Waals surface area contributed by atoms with Crippen molar-refractivity contribution in [2.75, 3.05) is 13.6 Å². The molecule has 0 aromatic carbocycles. The largest absolute Gasteiger partial charge is 0.245 e. The molecule has 0 saturated carbocycles. The standard InChI is InChI=1S/C4H10N/c1-3-4-5-2/h3-4H2,1-2H3. The minimum atomic E-state index is 1.01. The topological polar surface area (TPSA) is 14.1 Å². The third-order valence-corrected chi connectivity index (χ3v) is 0.447. The second kappa shape index (κ2) is 3.96. The molecule has 0 bridgehead atoms. The number of nitrogens with zero attached hydrogens (tertiary/aromatic N) is 1. The van der Waals surface area contributed by atoms with Gasteiger partial charge in [0.25, 0.3) is 0 Å². The predicted molar refractivity (Wildman–Crippen MR) is 23.2 cm³/mol. The fraction of sp³-hybridized carbons (Fsp3) is 1.00.